The molecular weight excluding hydrogens is 510 g/mol. The number of benzene rings is 3. The lowest BCUT2D eigenvalue weighted by Gasteiger charge is -2.32. The fourth-order valence-electron chi connectivity index (χ4n) is 4.15. The van der Waals surface area contributed by atoms with Gasteiger partial charge < -0.3 is 10.2 Å². The molecule has 2 amide bonds. The molecule has 0 radical (unpaired) electrons. The molecule has 0 fully saturated rings. The van der Waals surface area contributed by atoms with Crippen LogP contribution >= 0.6 is 0 Å². The van der Waals surface area contributed by atoms with Gasteiger partial charge in [-0.3, -0.25) is 13.9 Å². The summed E-state index contributed by atoms with van der Waals surface area (Å²) in [5.74, 6) is -0.505. The van der Waals surface area contributed by atoms with Crippen LogP contribution in [-0.4, -0.2) is 44.3 Å². The average molecular weight is 550 g/mol. The topological polar surface area (TPSA) is 86.8 Å². The standard InChI is InChI=1S/C31H39N3O4S/c1-22(2)19-32-31(36)26(6)33(20-27-16-13-23(3)14-17-27)30(35)21-34(29-18-24(4)12-15-25(29)5)39(37,38)28-10-8-7-9-11-28/h7-18,22,26H,19-21H2,1-6H3,(H,32,36). The summed E-state index contributed by atoms with van der Waals surface area (Å²) in [5, 5.41) is 2.91. The van der Waals surface area contributed by atoms with E-state index in [0.717, 1.165) is 26.6 Å². The first-order chi connectivity index (χ1) is 18.4. The molecular formula is C31H39N3O4S. The van der Waals surface area contributed by atoms with Gasteiger partial charge in [-0.05, 0) is 68.5 Å². The zero-order chi connectivity index (χ0) is 28.7. The lowest BCUT2D eigenvalue weighted by Crippen LogP contribution is -2.51. The number of hydrogen-bond acceptors (Lipinski definition) is 4. The Balaban J connectivity index is 2.03. The van der Waals surface area contributed by atoms with Crippen molar-refractivity contribution in [3.63, 3.8) is 0 Å². The highest BCUT2D eigenvalue weighted by atomic mass is 32.2. The van der Waals surface area contributed by atoms with E-state index in [1.165, 1.54) is 17.0 Å². The average Bonchev–Trinajstić information content (AvgIpc) is 2.91. The number of aryl methyl sites for hydroxylation is 3. The quantitative estimate of drug-likeness (QED) is 0.365. The van der Waals surface area contributed by atoms with Crippen molar-refractivity contribution in [1.29, 1.82) is 0 Å². The molecule has 8 heteroatoms. The number of nitrogens with one attached hydrogen (secondary N) is 1. The zero-order valence-corrected chi connectivity index (χ0v) is 24.5. The second kappa shape index (κ2) is 12.9. The van der Waals surface area contributed by atoms with E-state index in [1.807, 2.05) is 71.0 Å². The molecule has 0 spiro atoms. The fourth-order valence-corrected chi connectivity index (χ4v) is 5.64. The summed E-state index contributed by atoms with van der Waals surface area (Å²) in [4.78, 5) is 28.6. The number of sulfonamides is 1. The third kappa shape index (κ3) is 7.69. The number of amides is 2. The first kappa shape index (κ1) is 29.9. The van der Waals surface area contributed by atoms with E-state index >= 15 is 0 Å². The molecule has 0 heterocycles. The van der Waals surface area contributed by atoms with Crippen molar-refractivity contribution in [1.82, 2.24) is 10.2 Å². The van der Waals surface area contributed by atoms with Crippen LogP contribution in [0.15, 0.2) is 77.7 Å². The van der Waals surface area contributed by atoms with E-state index in [-0.39, 0.29) is 23.3 Å². The molecule has 1 N–H and O–H groups in total. The van der Waals surface area contributed by atoms with Gasteiger partial charge in [-0.1, -0.05) is 74.0 Å². The summed E-state index contributed by atoms with van der Waals surface area (Å²) in [5.41, 5.74) is 3.95. The minimum Gasteiger partial charge on any atom is -0.354 e. The molecule has 0 aliphatic carbocycles. The number of nitrogens with zero attached hydrogens (tertiary/aromatic N) is 2. The Labute approximate surface area is 232 Å². The lowest BCUT2D eigenvalue weighted by molar-refractivity contribution is -0.139. The van der Waals surface area contributed by atoms with E-state index in [1.54, 1.807) is 31.2 Å². The number of rotatable bonds is 11. The van der Waals surface area contributed by atoms with Gasteiger partial charge in [-0.25, -0.2) is 8.42 Å². The third-order valence-corrected chi connectivity index (χ3v) is 8.34. The van der Waals surface area contributed by atoms with Gasteiger partial charge in [0.05, 0.1) is 10.6 Å². The van der Waals surface area contributed by atoms with Crippen LogP contribution in [-0.2, 0) is 26.2 Å². The monoisotopic (exact) mass is 549 g/mol. The predicted octanol–water partition coefficient (Wildman–Crippen LogP) is 5.00. The van der Waals surface area contributed by atoms with Crippen molar-refractivity contribution >= 4 is 27.5 Å². The molecule has 1 atom stereocenters. The van der Waals surface area contributed by atoms with Gasteiger partial charge in [0.25, 0.3) is 10.0 Å². The van der Waals surface area contributed by atoms with Crippen LogP contribution in [0.2, 0.25) is 0 Å². The maximum atomic E-state index is 14.0. The zero-order valence-electron chi connectivity index (χ0n) is 23.6. The molecule has 3 aromatic carbocycles. The molecule has 0 aromatic heterocycles. The lowest BCUT2D eigenvalue weighted by atomic mass is 10.1. The second-order valence-electron chi connectivity index (χ2n) is 10.4. The van der Waals surface area contributed by atoms with Gasteiger partial charge in [0.15, 0.2) is 0 Å². The SMILES string of the molecule is Cc1ccc(CN(C(=O)CN(c2cc(C)ccc2C)S(=O)(=O)c2ccccc2)C(C)C(=O)NCC(C)C)cc1. The Bertz CT molecular complexity index is 1390. The molecule has 0 aliphatic rings. The van der Waals surface area contributed by atoms with E-state index in [9.17, 15) is 18.0 Å². The molecule has 3 rings (SSSR count). The Morgan fingerprint density at radius 2 is 1.46 bits per heavy atom. The van der Waals surface area contributed by atoms with Gasteiger partial charge in [-0.15, -0.1) is 0 Å². The van der Waals surface area contributed by atoms with Crippen molar-refractivity contribution < 1.29 is 18.0 Å². The van der Waals surface area contributed by atoms with Crippen LogP contribution in [0.25, 0.3) is 0 Å². The Morgan fingerprint density at radius 3 is 2.08 bits per heavy atom. The molecule has 0 bridgehead atoms. The normalized spacial score (nSPS) is 12.2. The van der Waals surface area contributed by atoms with Crippen LogP contribution in [0.5, 0.6) is 0 Å². The molecule has 3 aromatic rings. The van der Waals surface area contributed by atoms with E-state index < -0.39 is 28.5 Å². The summed E-state index contributed by atoms with van der Waals surface area (Å²) in [6.07, 6.45) is 0. The number of anilines is 1. The van der Waals surface area contributed by atoms with Gasteiger partial charge in [-0.2, -0.15) is 0 Å². The summed E-state index contributed by atoms with van der Waals surface area (Å²) in [6.45, 7) is 11.5. The number of carbonyl (C=O) groups excluding carboxylic acids is 2. The first-order valence-corrected chi connectivity index (χ1v) is 14.6. The first-order valence-electron chi connectivity index (χ1n) is 13.2. The smallest absolute Gasteiger partial charge is 0.264 e. The summed E-state index contributed by atoms with van der Waals surface area (Å²) in [6, 6.07) is 20.5. The van der Waals surface area contributed by atoms with Crippen LogP contribution in [0, 0.1) is 26.7 Å². The molecule has 208 valence electrons. The van der Waals surface area contributed by atoms with E-state index in [0.29, 0.717) is 12.2 Å². The molecule has 0 saturated carbocycles. The van der Waals surface area contributed by atoms with Gasteiger partial charge in [0.1, 0.15) is 12.6 Å². The molecule has 1 unspecified atom stereocenters. The highest BCUT2D eigenvalue weighted by Crippen LogP contribution is 2.28. The molecule has 0 aliphatic heterocycles. The highest BCUT2D eigenvalue weighted by Gasteiger charge is 2.33. The Kier molecular flexibility index (Phi) is 9.92. The van der Waals surface area contributed by atoms with Crippen molar-refractivity contribution in [2.24, 2.45) is 5.92 Å². The largest absolute Gasteiger partial charge is 0.354 e. The van der Waals surface area contributed by atoms with Gasteiger partial charge in [0.2, 0.25) is 11.8 Å². The molecule has 7 nitrogen and oxygen atoms in total. The van der Waals surface area contributed by atoms with E-state index in [2.05, 4.69) is 5.32 Å². The number of hydrogen-bond donors (Lipinski definition) is 1. The molecule has 0 saturated heterocycles. The Hall–Kier alpha value is -3.65. The third-order valence-electron chi connectivity index (χ3n) is 6.57. The summed E-state index contributed by atoms with van der Waals surface area (Å²) in [7, 11) is -4.08. The van der Waals surface area contributed by atoms with Crippen molar-refractivity contribution in [2.75, 3.05) is 17.4 Å². The minimum absolute atomic E-state index is 0.0894. The highest BCUT2D eigenvalue weighted by molar-refractivity contribution is 7.92. The minimum atomic E-state index is -4.08. The van der Waals surface area contributed by atoms with Crippen LogP contribution < -0.4 is 9.62 Å². The fraction of sp³-hybridized carbons (Fsp3) is 0.355. The molecule has 39 heavy (non-hydrogen) atoms. The second-order valence-corrected chi connectivity index (χ2v) is 12.3. The van der Waals surface area contributed by atoms with Crippen LogP contribution in [0.3, 0.4) is 0 Å². The Morgan fingerprint density at radius 1 is 0.846 bits per heavy atom. The van der Waals surface area contributed by atoms with Gasteiger partial charge >= 0.3 is 0 Å². The van der Waals surface area contributed by atoms with Crippen LogP contribution in [0.4, 0.5) is 5.69 Å². The van der Waals surface area contributed by atoms with Crippen LogP contribution in [0.1, 0.15) is 43.0 Å². The maximum Gasteiger partial charge on any atom is 0.264 e. The maximum absolute atomic E-state index is 14.0. The summed E-state index contributed by atoms with van der Waals surface area (Å²) < 4.78 is 29.0. The van der Waals surface area contributed by atoms with Gasteiger partial charge in [0, 0.05) is 13.1 Å². The number of carbonyl (C=O) groups is 2. The van der Waals surface area contributed by atoms with Crippen molar-refractivity contribution in [2.45, 2.75) is 59.0 Å². The predicted molar refractivity (Wildman–Crippen MR) is 156 cm³/mol. The van der Waals surface area contributed by atoms with Crippen molar-refractivity contribution in [3.05, 3.63) is 95.1 Å². The van der Waals surface area contributed by atoms with E-state index in [4.69, 9.17) is 0 Å². The van der Waals surface area contributed by atoms with Crippen molar-refractivity contribution in [3.8, 4) is 0 Å². The summed E-state index contributed by atoms with van der Waals surface area (Å²) >= 11 is 0.